The van der Waals surface area contributed by atoms with Crippen molar-refractivity contribution >= 4 is 17.2 Å². The minimum absolute atomic E-state index is 0.0998. The number of carbonyl (C=O) groups is 1. The molecule has 0 aliphatic rings. The molecule has 4 aromatic rings. The fraction of sp³-hybridized carbons (Fsp3) is 0.222. The fourth-order valence-corrected chi connectivity index (χ4v) is 3.95. The number of imidazole rings is 1. The Morgan fingerprint density at radius 1 is 1.13 bits per heavy atom. The Kier molecular flexibility index (Phi) is 7.85. The topological polar surface area (TPSA) is 141 Å². The van der Waals surface area contributed by atoms with Crippen molar-refractivity contribution in [3.05, 3.63) is 88.4 Å². The van der Waals surface area contributed by atoms with Crippen molar-refractivity contribution in [2.75, 3.05) is 12.0 Å². The summed E-state index contributed by atoms with van der Waals surface area (Å²) in [6, 6.07) is 11.8. The summed E-state index contributed by atoms with van der Waals surface area (Å²) in [7, 11) is 0. The number of nitrogens with two attached hydrogens (primary N) is 2. The van der Waals surface area contributed by atoms with E-state index in [9.17, 15) is 18.8 Å². The van der Waals surface area contributed by atoms with Gasteiger partial charge in [0.05, 0.1) is 16.8 Å². The van der Waals surface area contributed by atoms with E-state index in [2.05, 4.69) is 10.3 Å². The molecule has 2 aromatic carbocycles. The molecule has 38 heavy (non-hydrogen) atoms. The van der Waals surface area contributed by atoms with Crippen molar-refractivity contribution in [2.24, 2.45) is 11.5 Å². The molecule has 0 bridgehead atoms. The zero-order chi connectivity index (χ0) is 27.4. The van der Waals surface area contributed by atoms with Crippen molar-refractivity contribution < 1.29 is 23.0 Å². The first-order chi connectivity index (χ1) is 18.3. The summed E-state index contributed by atoms with van der Waals surface area (Å²) in [6.07, 6.45) is 1.67. The molecule has 9 nitrogen and oxygen atoms in total. The molecule has 0 saturated heterocycles. The van der Waals surface area contributed by atoms with Gasteiger partial charge < -0.3 is 20.5 Å². The number of benzene rings is 2. The number of carbonyl (C=O) groups excluding carboxylic acids is 1. The van der Waals surface area contributed by atoms with E-state index in [-0.39, 0.29) is 54.0 Å². The highest BCUT2D eigenvalue weighted by atomic mass is 19.1. The Hall–Kier alpha value is -4.53. The maximum Gasteiger partial charge on any atom is 0.274 e. The van der Waals surface area contributed by atoms with Crippen molar-refractivity contribution in [1.29, 1.82) is 5.26 Å². The lowest BCUT2D eigenvalue weighted by molar-refractivity contribution is 0.102. The monoisotopic (exact) mass is 520 g/mol. The van der Waals surface area contributed by atoms with Gasteiger partial charge in [-0.3, -0.25) is 14.9 Å². The fourth-order valence-electron chi connectivity index (χ4n) is 3.95. The van der Waals surface area contributed by atoms with E-state index < -0.39 is 17.5 Å². The van der Waals surface area contributed by atoms with E-state index in [1.165, 1.54) is 12.1 Å². The number of amides is 1. The van der Waals surface area contributed by atoms with Crippen molar-refractivity contribution in [2.45, 2.75) is 32.9 Å². The van der Waals surface area contributed by atoms with E-state index >= 15 is 0 Å². The number of nitriles is 1. The molecule has 0 aliphatic heterocycles. The molecule has 5 N–H and O–H groups in total. The van der Waals surface area contributed by atoms with Crippen LogP contribution in [0.3, 0.4) is 0 Å². The highest BCUT2D eigenvalue weighted by Gasteiger charge is 2.25. The second kappa shape index (κ2) is 11.2. The van der Waals surface area contributed by atoms with E-state index in [1.54, 1.807) is 28.8 Å². The number of nitrogens with zero attached hydrogens (tertiary/aromatic N) is 3. The minimum atomic E-state index is -0.734. The van der Waals surface area contributed by atoms with Gasteiger partial charge in [-0.05, 0) is 47.9 Å². The quantitative estimate of drug-likeness (QED) is 0.281. The maximum absolute atomic E-state index is 14.2. The molecule has 0 saturated carbocycles. The van der Waals surface area contributed by atoms with Crippen LogP contribution in [0.1, 0.15) is 52.6 Å². The molecule has 0 unspecified atom stereocenters. The third-order valence-corrected chi connectivity index (χ3v) is 5.80. The first-order valence-electron chi connectivity index (χ1n) is 11.8. The number of hydrogen-bond acceptors (Lipinski definition) is 7. The van der Waals surface area contributed by atoms with Crippen molar-refractivity contribution in [3.63, 3.8) is 0 Å². The van der Waals surface area contributed by atoms with Gasteiger partial charge >= 0.3 is 0 Å². The van der Waals surface area contributed by atoms with Crippen LogP contribution >= 0.6 is 0 Å². The zero-order valence-electron chi connectivity index (χ0n) is 20.8. The predicted octanol–water partition coefficient (Wildman–Crippen LogP) is 4.19. The highest BCUT2D eigenvalue weighted by Crippen LogP contribution is 2.30. The minimum Gasteiger partial charge on any atom is -0.485 e. The predicted molar refractivity (Wildman–Crippen MR) is 137 cm³/mol. The normalized spacial score (nSPS) is 11.0. The molecule has 4 rings (SSSR count). The zero-order valence-corrected chi connectivity index (χ0v) is 20.8. The van der Waals surface area contributed by atoms with Crippen LogP contribution in [0.15, 0.2) is 48.7 Å². The summed E-state index contributed by atoms with van der Waals surface area (Å²) in [5.41, 5.74) is 13.2. The average molecular weight is 521 g/mol. The Morgan fingerprint density at radius 3 is 2.50 bits per heavy atom. The number of rotatable bonds is 9. The molecule has 2 aromatic heterocycles. The van der Waals surface area contributed by atoms with E-state index in [1.807, 2.05) is 19.9 Å². The van der Waals surface area contributed by atoms with Crippen LogP contribution in [0.2, 0.25) is 0 Å². The summed E-state index contributed by atoms with van der Waals surface area (Å²) in [5, 5.41) is 12.2. The van der Waals surface area contributed by atoms with Gasteiger partial charge in [-0.15, -0.1) is 0 Å². The smallest absolute Gasteiger partial charge is 0.274 e. The van der Waals surface area contributed by atoms with Crippen LogP contribution in [0.5, 0.6) is 11.5 Å². The van der Waals surface area contributed by atoms with Crippen molar-refractivity contribution in [3.8, 4) is 17.6 Å². The van der Waals surface area contributed by atoms with Gasteiger partial charge in [-0.2, -0.15) is 5.26 Å². The average Bonchev–Trinajstić information content (AvgIpc) is 3.29. The summed E-state index contributed by atoms with van der Waals surface area (Å²) >= 11 is 0. The lowest BCUT2D eigenvalue weighted by atomic mass is 10.1. The van der Waals surface area contributed by atoms with Crippen LogP contribution in [0, 0.1) is 23.0 Å². The van der Waals surface area contributed by atoms with Gasteiger partial charge in [-0.1, -0.05) is 19.9 Å². The molecule has 11 heteroatoms. The second-order valence-corrected chi connectivity index (χ2v) is 8.69. The van der Waals surface area contributed by atoms with Crippen molar-refractivity contribution in [1.82, 2.24) is 9.38 Å². The Balaban J connectivity index is 1.75. The maximum atomic E-state index is 14.2. The standard InChI is InChI=1S/C27H26F2N6O3/c1-15(2)24-25(27(36)33-18-6-7-22(38-14-32)17(9-18)11-31)35-12-16(10-30)8-23(26(35)34-24)37-13-19-20(28)4-3-5-21(19)29/h3-9,12,15H,10,13-14,30,32H2,1-2H3,(H,33,36). The number of anilines is 1. The summed E-state index contributed by atoms with van der Waals surface area (Å²) in [4.78, 5) is 18.2. The molecule has 0 radical (unpaired) electrons. The molecular formula is C27H26F2N6O3. The first-order valence-corrected chi connectivity index (χ1v) is 11.8. The van der Waals surface area contributed by atoms with Crippen LogP contribution in [0.4, 0.5) is 14.5 Å². The third-order valence-electron chi connectivity index (χ3n) is 5.80. The van der Waals surface area contributed by atoms with Gasteiger partial charge in [0.15, 0.2) is 11.4 Å². The number of pyridine rings is 1. The van der Waals surface area contributed by atoms with Crippen LogP contribution in [0.25, 0.3) is 5.65 Å². The summed E-state index contributed by atoms with van der Waals surface area (Å²) in [5.74, 6) is -1.61. The highest BCUT2D eigenvalue weighted by molar-refractivity contribution is 6.05. The number of halogens is 2. The molecular weight excluding hydrogens is 494 g/mol. The van der Waals surface area contributed by atoms with Gasteiger partial charge in [0.25, 0.3) is 5.91 Å². The molecule has 0 aliphatic carbocycles. The van der Waals surface area contributed by atoms with Gasteiger partial charge in [0.2, 0.25) is 0 Å². The molecule has 0 spiro atoms. The van der Waals surface area contributed by atoms with Crippen LogP contribution in [-0.4, -0.2) is 22.0 Å². The van der Waals surface area contributed by atoms with Crippen LogP contribution in [-0.2, 0) is 13.2 Å². The van der Waals surface area contributed by atoms with E-state index in [0.717, 1.165) is 12.1 Å². The molecule has 2 heterocycles. The SMILES string of the molecule is CC(C)c1nc2c(OCc3c(F)cccc3F)cc(CN)cn2c1C(=O)Nc1ccc(OCN)c(C#N)c1. The molecule has 0 fully saturated rings. The third kappa shape index (κ3) is 5.27. The lowest BCUT2D eigenvalue weighted by Crippen LogP contribution is -2.17. The summed E-state index contributed by atoms with van der Waals surface area (Å²) < 4.78 is 40.9. The number of ether oxygens (including phenoxy) is 2. The van der Waals surface area contributed by atoms with E-state index in [0.29, 0.717) is 22.7 Å². The largest absolute Gasteiger partial charge is 0.485 e. The van der Waals surface area contributed by atoms with Crippen LogP contribution < -0.4 is 26.3 Å². The Morgan fingerprint density at radius 2 is 1.87 bits per heavy atom. The Bertz CT molecular complexity index is 1520. The van der Waals surface area contributed by atoms with Gasteiger partial charge in [0, 0.05) is 18.4 Å². The molecule has 196 valence electrons. The summed E-state index contributed by atoms with van der Waals surface area (Å²) in [6.45, 7) is 3.39. The van der Waals surface area contributed by atoms with Gasteiger partial charge in [-0.25, -0.2) is 13.8 Å². The number of fused-ring (bicyclic) bond motifs is 1. The Labute approximate surface area is 217 Å². The lowest BCUT2D eigenvalue weighted by Gasteiger charge is -2.13. The molecule has 1 amide bonds. The number of hydrogen-bond donors (Lipinski definition) is 3. The van der Waals surface area contributed by atoms with Gasteiger partial charge in [0.1, 0.15) is 42.5 Å². The number of nitrogens with one attached hydrogen (secondary N) is 1. The number of aromatic nitrogens is 2. The second-order valence-electron chi connectivity index (χ2n) is 8.69. The first kappa shape index (κ1) is 26.5. The van der Waals surface area contributed by atoms with E-state index in [4.69, 9.17) is 20.9 Å². The molecule has 0 atom stereocenters.